The SMILES string of the molecule is COc1ccccc1NC(=O)[C@H](C)OC(=O)c1ccc(OC(F)F)c(OC)c1. The van der Waals surface area contributed by atoms with Crippen LogP contribution < -0.4 is 19.5 Å². The van der Waals surface area contributed by atoms with E-state index in [0.29, 0.717) is 11.4 Å². The van der Waals surface area contributed by atoms with E-state index >= 15 is 0 Å². The molecule has 0 aliphatic heterocycles. The monoisotopic (exact) mass is 395 g/mol. The van der Waals surface area contributed by atoms with Gasteiger partial charge >= 0.3 is 12.6 Å². The number of amides is 1. The van der Waals surface area contributed by atoms with E-state index < -0.39 is 24.6 Å². The van der Waals surface area contributed by atoms with Gasteiger partial charge in [-0.2, -0.15) is 8.78 Å². The summed E-state index contributed by atoms with van der Waals surface area (Å²) in [5.74, 6) is -1.24. The Morgan fingerprint density at radius 2 is 1.64 bits per heavy atom. The molecule has 2 rings (SSSR count). The van der Waals surface area contributed by atoms with Gasteiger partial charge in [0.2, 0.25) is 0 Å². The molecule has 0 fully saturated rings. The van der Waals surface area contributed by atoms with Crippen LogP contribution in [0, 0.1) is 0 Å². The summed E-state index contributed by atoms with van der Waals surface area (Å²) in [4.78, 5) is 24.5. The van der Waals surface area contributed by atoms with Gasteiger partial charge < -0.3 is 24.3 Å². The van der Waals surface area contributed by atoms with E-state index in [1.54, 1.807) is 24.3 Å². The molecule has 0 saturated heterocycles. The second-order valence-corrected chi connectivity index (χ2v) is 5.48. The first-order valence-electron chi connectivity index (χ1n) is 8.13. The number of esters is 1. The number of methoxy groups -OCH3 is 2. The molecule has 2 aromatic carbocycles. The number of carbonyl (C=O) groups excluding carboxylic acids is 2. The Bertz CT molecular complexity index is 843. The summed E-state index contributed by atoms with van der Waals surface area (Å²) in [7, 11) is 2.70. The van der Waals surface area contributed by atoms with Crippen LogP contribution in [-0.2, 0) is 9.53 Å². The van der Waals surface area contributed by atoms with Gasteiger partial charge in [0, 0.05) is 0 Å². The number of carbonyl (C=O) groups is 2. The summed E-state index contributed by atoms with van der Waals surface area (Å²) in [5.41, 5.74) is 0.434. The fourth-order valence-electron chi connectivity index (χ4n) is 2.25. The fraction of sp³-hybridized carbons (Fsp3) is 0.263. The molecular weight excluding hydrogens is 376 g/mol. The zero-order valence-electron chi connectivity index (χ0n) is 15.4. The molecule has 150 valence electrons. The maximum absolute atomic E-state index is 12.4. The molecule has 9 heteroatoms. The standard InChI is InChI=1S/C19H19F2NO6/c1-11(17(23)22-13-6-4-5-7-14(13)25-2)27-18(24)12-8-9-15(28-19(20)21)16(10-12)26-3/h4-11,19H,1-3H3,(H,22,23)/t11-/m0/s1. The lowest BCUT2D eigenvalue weighted by molar-refractivity contribution is -0.123. The molecule has 0 aromatic heterocycles. The van der Waals surface area contributed by atoms with Crippen molar-refractivity contribution in [1.82, 2.24) is 0 Å². The largest absolute Gasteiger partial charge is 0.495 e. The van der Waals surface area contributed by atoms with E-state index in [9.17, 15) is 18.4 Å². The number of hydrogen-bond acceptors (Lipinski definition) is 6. The Morgan fingerprint density at radius 1 is 0.964 bits per heavy atom. The third-order valence-electron chi connectivity index (χ3n) is 3.63. The summed E-state index contributed by atoms with van der Waals surface area (Å²) >= 11 is 0. The first-order valence-corrected chi connectivity index (χ1v) is 8.13. The number of para-hydroxylation sites is 2. The van der Waals surface area contributed by atoms with Crippen molar-refractivity contribution in [2.45, 2.75) is 19.6 Å². The molecule has 1 atom stereocenters. The topological polar surface area (TPSA) is 83.1 Å². The van der Waals surface area contributed by atoms with E-state index in [2.05, 4.69) is 10.1 Å². The van der Waals surface area contributed by atoms with Crippen LogP contribution in [0.5, 0.6) is 17.2 Å². The van der Waals surface area contributed by atoms with Gasteiger partial charge in [0.15, 0.2) is 17.6 Å². The average molecular weight is 395 g/mol. The molecule has 0 radical (unpaired) electrons. The Balaban J connectivity index is 2.06. The molecule has 0 aliphatic rings. The Labute approximate surface area is 160 Å². The van der Waals surface area contributed by atoms with E-state index in [4.69, 9.17) is 14.2 Å². The maximum atomic E-state index is 12.4. The highest BCUT2D eigenvalue weighted by molar-refractivity contribution is 5.98. The van der Waals surface area contributed by atoms with Crippen molar-refractivity contribution in [3.05, 3.63) is 48.0 Å². The lowest BCUT2D eigenvalue weighted by Gasteiger charge is -2.16. The molecule has 28 heavy (non-hydrogen) atoms. The molecule has 0 saturated carbocycles. The van der Waals surface area contributed by atoms with Crippen LogP contribution in [0.2, 0.25) is 0 Å². The minimum atomic E-state index is -3.04. The van der Waals surface area contributed by atoms with Crippen molar-refractivity contribution in [2.75, 3.05) is 19.5 Å². The van der Waals surface area contributed by atoms with E-state index in [1.165, 1.54) is 33.3 Å². The number of anilines is 1. The van der Waals surface area contributed by atoms with Gasteiger partial charge in [0.1, 0.15) is 5.75 Å². The van der Waals surface area contributed by atoms with Crippen molar-refractivity contribution in [2.24, 2.45) is 0 Å². The third kappa shape index (κ3) is 5.32. The highest BCUT2D eigenvalue weighted by Crippen LogP contribution is 2.30. The minimum absolute atomic E-state index is 0.00964. The van der Waals surface area contributed by atoms with Gasteiger partial charge in [-0.1, -0.05) is 12.1 Å². The molecule has 7 nitrogen and oxygen atoms in total. The number of benzene rings is 2. The van der Waals surface area contributed by atoms with E-state index in [0.717, 1.165) is 6.07 Å². The Morgan fingerprint density at radius 3 is 2.29 bits per heavy atom. The van der Waals surface area contributed by atoms with Gasteiger partial charge in [-0.25, -0.2) is 4.79 Å². The first-order chi connectivity index (χ1) is 13.3. The molecule has 0 aliphatic carbocycles. The summed E-state index contributed by atoms with van der Waals surface area (Å²) in [5, 5.41) is 2.60. The zero-order valence-corrected chi connectivity index (χ0v) is 15.4. The van der Waals surface area contributed by atoms with Gasteiger partial charge in [0.25, 0.3) is 5.91 Å². The number of alkyl halides is 2. The van der Waals surface area contributed by atoms with Crippen LogP contribution in [0.25, 0.3) is 0 Å². The normalized spacial score (nSPS) is 11.5. The molecule has 0 unspecified atom stereocenters. The van der Waals surface area contributed by atoms with E-state index in [1.807, 2.05) is 0 Å². The molecule has 1 N–H and O–H groups in total. The minimum Gasteiger partial charge on any atom is -0.495 e. The van der Waals surface area contributed by atoms with Crippen LogP contribution in [0.4, 0.5) is 14.5 Å². The lowest BCUT2D eigenvalue weighted by atomic mass is 10.2. The molecule has 1 amide bonds. The summed E-state index contributed by atoms with van der Waals surface area (Å²) in [6.07, 6.45) is -1.12. The van der Waals surface area contributed by atoms with Crippen LogP contribution in [-0.4, -0.2) is 38.8 Å². The van der Waals surface area contributed by atoms with Gasteiger partial charge in [-0.15, -0.1) is 0 Å². The molecule has 0 heterocycles. The number of ether oxygens (including phenoxy) is 4. The summed E-state index contributed by atoms with van der Waals surface area (Å²) in [6, 6.07) is 10.3. The van der Waals surface area contributed by atoms with Crippen molar-refractivity contribution >= 4 is 17.6 Å². The van der Waals surface area contributed by atoms with E-state index in [-0.39, 0.29) is 17.1 Å². The van der Waals surface area contributed by atoms with Crippen molar-refractivity contribution in [3.63, 3.8) is 0 Å². The second-order valence-electron chi connectivity index (χ2n) is 5.48. The van der Waals surface area contributed by atoms with Crippen LogP contribution in [0.15, 0.2) is 42.5 Å². The van der Waals surface area contributed by atoms with Crippen LogP contribution in [0.3, 0.4) is 0 Å². The van der Waals surface area contributed by atoms with Crippen molar-refractivity contribution in [3.8, 4) is 17.2 Å². The predicted octanol–water partition coefficient (Wildman–Crippen LogP) is 3.49. The molecule has 0 spiro atoms. The Hall–Kier alpha value is -3.36. The van der Waals surface area contributed by atoms with Crippen molar-refractivity contribution < 1.29 is 37.3 Å². The quantitative estimate of drug-likeness (QED) is 0.689. The summed E-state index contributed by atoms with van der Waals surface area (Å²) < 4.78 is 44.2. The lowest BCUT2D eigenvalue weighted by Crippen LogP contribution is -2.30. The smallest absolute Gasteiger partial charge is 0.387 e. The Kier molecular flexibility index (Phi) is 7.14. The average Bonchev–Trinajstić information content (AvgIpc) is 2.68. The highest BCUT2D eigenvalue weighted by atomic mass is 19.3. The first kappa shape index (κ1) is 20.9. The molecule has 2 aromatic rings. The highest BCUT2D eigenvalue weighted by Gasteiger charge is 2.21. The number of rotatable bonds is 8. The third-order valence-corrected chi connectivity index (χ3v) is 3.63. The zero-order chi connectivity index (χ0) is 20.7. The number of hydrogen-bond donors (Lipinski definition) is 1. The summed E-state index contributed by atoms with van der Waals surface area (Å²) in [6.45, 7) is -1.64. The second kappa shape index (κ2) is 9.54. The molecule has 0 bridgehead atoms. The van der Waals surface area contributed by atoms with Gasteiger partial charge in [0.05, 0.1) is 25.5 Å². The predicted molar refractivity (Wildman–Crippen MR) is 96.1 cm³/mol. The van der Waals surface area contributed by atoms with Crippen LogP contribution >= 0.6 is 0 Å². The molecular formula is C19H19F2NO6. The van der Waals surface area contributed by atoms with Crippen LogP contribution in [0.1, 0.15) is 17.3 Å². The van der Waals surface area contributed by atoms with Crippen molar-refractivity contribution in [1.29, 1.82) is 0 Å². The fourth-order valence-corrected chi connectivity index (χ4v) is 2.25. The number of halogens is 2. The van der Waals surface area contributed by atoms with Gasteiger partial charge in [-0.05, 0) is 37.3 Å². The van der Waals surface area contributed by atoms with Gasteiger partial charge in [-0.3, -0.25) is 4.79 Å². The number of nitrogens with one attached hydrogen (secondary N) is 1. The maximum Gasteiger partial charge on any atom is 0.387 e.